The fourth-order valence-electron chi connectivity index (χ4n) is 1.26. The number of carbonyl (C=O) groups is 2. The summed E-state index contributed by atoms with van der Waals surface area (Å²) in [7, 11) is 0. The highest BCUT2D eigenvalue weighted by Crippen LogP contribution is 2.09. The summed E-state index contributed by atoms with van der Waals surface area (Å²) in [6.45, 7) is 0. The molecular weight excluding hydrogens is 208 g/mol. The number of aliphatic carboxylic acids is 2. The van der Waals surface area contributed by atoms with Crippen molar-refractivity contribution in [3.05, 3.63) is 24.3 Å². The first kappa shape index (κ1) is 14.4. The maximum absolute atomic E-state index is 9.55. The highest BCUT2D eigenvalue weighted by molar-refractivity contribution is 5.89. The van der Waals surface area contributed by atoms with E-state index in [2.05, 4.69) is 12.2 Å². The summed E-state index contributed by atoms with van der Waals surface area (Å²) in [6.07, 6.45) is 14.1. The predicted octanol–water partition coefficient (Wildman–Crippen LogP) is 2.61. The van der Waals surface area contributed by atoms with Gasteiger partial charge in [-0.2, -0.15) is 0 Å². The van der Waals surface area contributed by atoms with Crippen molar-refractivity contribution in [1.82, 2.24) is 0 Å². The van der Waals surface area contributed by atoms with Crippen molar-refractivity contribution in [2.24, 2.45) is 0 Å². The first-order valence-corrected chi connectivity index (χ1v) is 5.42. The Morgan fingerprint density at radius 2 is 1.19 bits per heavy atom. The molecule has 0 heterocycles. The van der Waals surface area contributed by atoms with Crippen LogP contribution < -0.4 is 0 Å². The first-order valence-electron chi connectivity index (χ1n) is 5.42. The van der Waals surface area contributed by atoms with Crippen LogP contribution in [-0.4, -0.2) is 22.2 Å². The fourth-order valence-corrected chi connectivity index (χ4v) is 1.26. The summed E-state index contributed by atoms with van der Waals surface area (Å²) in [5.41, 5.74) is 0. The molecule has 1 aliphatic carbocycles. The molecule has 90 valence electrons. The van der Waals surface area contributed by atoms with Gasteiger partial charge >= 0.3 is 11.9 Å². The van der Waals surface area contributed by atoms with Crippen molar-refractivity contribution in [2.75, 3.05) is 0 Å². The largest absolute Gasteiger partial charge is 0.478 e. The standard InChI is InChI=1S/C8H14.C4H4O4/c1-2-4-6-8-7-5-3-1;5-3(6)1-2-4(7)8/h1-2H,3-8H2;1-2H,(H,5,6)(H,7,8)/b2*2-1-. The van der Waals surface area contributed by atoms with E-state index < -0.39 is 11.9 Å². The second kappa shape index (κ2) is 9.96. The van der Waals surface area contributed by atoms with Crippen molar-refractivity contribution in [3.8, 4) is 0 Å². The van der Waals surface area contributed by atoms with Crippen LogP contribution >= 0.6 is 0 Å². The van der Waals surface area contributed by atoms with Gasteiger partial charge in [-0.1, -0.05) is 25.0 Å². The second-order valence-electron chi connectivity index (χ2n) is 3.47. The second-order valence-corrected chi connectivity index (χ2v) is 3.47. The molecule has 4 heteroatoms. The average molecular weight is 226 g/mol. The molecule has 1 aliphatic rings. The van der Waals surface area contributed by atoms with Crippen LogP contribution in [0.2, 0.25) is 0 Å². The smallest absolute Gasteiger partial charge is 0.328 e. The summed E-state index contributed by atoms with van der Waals surface area (Å²) in [5, 5.41) is 15.6. The molecule has 4 nitrogen and oxygen atoms in total. The van der Waals surface area contributed by atoms with Crippen LogP contribution in [0.3, 0.4) is 0 Å². The molecule has 0 aromatic carbocycles. The van der Waals surface area contributed by atoms with Gasteiger partial charge in [0.15, 0.2) is 0 Å². The van der Waals surface area contributed by atoms with Crippen molar-refractivity contribution >= 4 is 11.9 Å². The van der Waals surface area contributed by atoms with Crippen molar-refractivity contribution in [3.63, 3.8) is 0 Å². The predicted molar refractivity (Wildman–Crippen MR) is 61.3 cm³/mol. The van der Waals surface area contributed by atoms with Gasteiger partial charge in [-0.15, -0.1) is 0 Å². The van der Waals surface area contributed by atoms with E-state index in [1.54, 1.807) is 0 Å². The Morgan fingerprint density at radius 1 is 0.812 bits per heavy atom. The molecule has 0 atom stereocenters. The van der Waals surface area contributed by atoms with Gasteiger partial charge in [0.1, 0.15) is 0 Å². The van der Waals surface area contributed by atoms with E-state index >= 15 is 0 Å². The summed E-state index contributed by atoms with van der Waals surface area (Å²) in [6, 6.07) is 0. The van der Waals surface area contributed by atoms with E-state index in [1.165, 1.54) is 38.5 Å². The van der Waals surface area contributed by atoms with Gasteiger partial charge in [0.25, 0.3) is 0 Å². The Morgan fingerprint density at radius 3 is 1.50 bits per heavy atom. The zero-order valence-corrected chi connectivity index (χ0v) is 9.26. The van der Waals surface area contributed by atoms with Crippen LogP contribution in [0, 0.1) is 0 Å². The van der Waals surface area contributed by atoms with E-state index in [1.807, 2.05) is 0 Å². The Labute approximate surface area is 95.3 Å². The Balaban J connectivity index is 0.000000281. The van der Waals surface area contributed by atoms with E-state index in [0.717, 1.165) is 0 Å². The molecule has 1 rings (SSSR count). The lowest BCUT2D eigenvalue weighted by Crippen LogP contribution is -1.91. The molecule has 0 spiro atoms. The minimum atomic E-state index is -1.26. The maximum Gasteiger partial charge on any atom is 0.328 e. The number of hydrogen-bond donors (Lipinski definition) is 2. The van der Waals surface area contributed by atoms with Crippen molar-refractivity contribution in [2.45, 2.75) is 38.5 Å². The maximum atomic E-state index is 9.55. The third kappa shape index (κ3) is 12.4. The molecule has 0 aromatic heterocycles. The normalized spacial score (nSPS) is 17.8. The minimum absolute atomic E-state index is 0.558. The van der Waals surface area contributed by atoms with Crippen molar-refractivity contribution < 1.29 is 19.8 Å². The Bertz CT molecular complexity index is 240. The van der Waals surface area contributed by atoms with Gasteiger partial charge in [0.2, 0.25) is 0 Å². The van der Waals surface area contributed by atoms with E-state index in [4.69, 9.17) is 10.2 Å². The van der Waals surface area contributed by atoms with E-state index in [-0.39, 0.29) is 0 Å². The van der Waals surface area contributed by atoms with Gasteiger partial charge in [-0.3, -0.25) is 0 Å². The lowest BCUT2D eigenvalue weighted by Gasteiger charge is -2.00. The van der Waals surface area contributed by atoms with Gasteiger partial charge in [0.05, 0.1) is 0 Å². The number of rotatable bonds is 2. The lowest BCUT2D eigenvalue weighted by molar-refractivity contribution is -0.134. The van der Waals surface area contributed by atoms with Gasteiger partial charge in [0, 0.05) is 12.2 Å². The molecule has 0 aliphatic heterocycles. The monoisotopic (exact) mass is 226 g/mol. The number of hydrogen-bond acceptors (Lipinski definition) is 2. The molecule has 16 heavy (non-hydrogen) atoms. The van der Waals surface area contributed by atoms with Gasteiger partial charge < -0.3 is 10.2 Å². The molecular formula is C12H18O4. The SMILES string of the molecule is C1=C\CCCCCC/1.O=C(O)/C=C\C(=O)O. The highest BCUT2D eigenvalue weighted by atomic mass is 16.4. The van der Waals surface area contributed by atoms with E-state index in [0.29, 0.717) is 12.2 Å². The molecule has 0 saturated carbocycles. The van der Waals surface area contributed by atoms with Gasteiger partial charge in [-0.05, 0) is 25.7 Å². The number of carboxylic acids is 2. The molecule has 0 radical (unpaired) electrons. The molecule has 2 N–H and O–H groups in total. The molecule has 0 amide bonds. The molecule has 0 fully saturated rings. The molecule has 0 unspecified atom stereocenters. The van der Waals surface area contributed by atoms with Crippen molar-refractivity contribution in [1.29, 1.82) is 0 Å². The molecule has 0 saturated heterocycles. The minimum Gasteiger partial charge on any atom is -0.478 e. The number of allylic oxidation sites excluding steroid dienone is 2. The fraction of sp³-hybridized carbons (Fsp3) is 0.500. The molecule has 0 bridgehead atoms. The Hall–Kier alpha value is -1.58. The quantitative estimate of drug-likeness (QED) is 0.560. The van der Waals surface area contributed by atoms with Crippen LogP contribution in [0.25, 0.3) is 0 Å². The summed E-state index contributed by atoms with van der Waals surface area (Å²) in [5.74, 6) is -2.51. The van der Waals surface area contributed by atoms with Crippen LogP contribution in [0.4, 0.5) is 0 Å². The average Bonchev–Trinajstić information content (AvgIpc) is 2.14. The third-order valence-electron chi connectivity index (χ3n) is 2.03. The summed E-state index contributed by atoms with van der Waals surface area (Å²) >= 11 is 0. The summed E-state index contributed by atoms with van der Waals surface area (Å²) in [4.78, 5) is 19.1. The highest BCUT2D eigenvalue weighted by Gasteiger charge is 1.90. The zero-order valence-electron chi connectivity index (χ0n) is 9.26. The Kier molecular flexibility index (Phi) is 8.97. The third-order valence-corrected chi connectivity index (χ3v) is 2.03. The lowest BCUT2D eigenvalue weighted by atomic mass is 10.1. The van der Waals surface area contributed by atoms with E-state index in [9.17, 15) is 9.59 Å². The van der Waals surface area contributed by atoms with Crippen LogP contribution in [0.1, 0.15) is 38.5 Å². The number of carboxylic acid groups (broad SMARTS) is 2. The first-order chi connectivity index (χ1) is 7.63. The van der Waals surface area contributed by atoms with Crippen LogP contribution in [0.15, 0.2) is 24.3 Å². The topological polar surface area (TPSA) is 74.6 Å². The zero-order chi connectivity index (χ0) is 12.2. The van der Waals surface area contributed by atoms with Crippen LogP contribution in [-0.2, 0) is 9.59 Å². The summed E-state index contributed by atoms with van der Waals surface area (Å²) < 4.78 is 0. The van der Waals surface area contributed by atoms with Crippen LogP contribution in [0.5, 0.6) is 0 Å². The molecule has 0 aromatic rings. The van der Waals surface area contributed by atoms with Gasteiger partial charge in [-0.25, -0.2) is 9.59 Å².